The summed E-state index contributed by atoms with van der Waals surface area (Å²) in [7, 11) is 0. The third kappa shape index (κ3) is 10.0. The van der Waals surface area contributed by atoms with Crippen molar-refractivity contribution < 1.29 is 9.90 Å². The Balaban J connectivity index is 1.82. The molecule has 0 bridgehead atoms. The van der Waals surface area contributed by atoms with Crippen LogP contribution in [-0.2, 0) is 4.79 Å². The van der Waals surface area contributed by atoms with Gasteiger partial charge in [-0.25, -0.2) is 0 Å². The van der Waals surface area contributed by atoms with E-state index in [2.05, 4.69) is 11.9 Å². The fourth-order valence-corrected chi connectivity index (χ4v) is 3.23. The molecule has 3 heteroatoms. The topological polar surface area (TPSA) is 49.7 Å². The fourth-order valence-electron chi connectivity index (χ4n) is 3.23. The summed E-state index contributed by atoms with van der Waals surface area (Å²) < 4.78 is 0. The molecule has 1 aliphatic rings. The van der Waals surface area contributed by atoms with Crippen LogP contribution in [0.3, 0.4) is 0 Å². The third-order valence-electron chi connectivity index (χ3n) is 4.85. The van der Waals surface area contributed by atoms with E-state index in [4.69, 9.17) is 0 Å². The first-order valence-corrected chi connectivity index (χ1v) is 10.2. The van der Waals surface area contributed by atoms with E-state index in [1.807, 2.05) is 0 Å². The zero-order valence-electron chi connectivity index (χ0n) is 15.6. The van der Waals surface area contributed by atoms with Gasteiger partial charge in [0.05, 0.1) is 5.71 Å². The van der Waals surface area contributed by atoms with E-state index in [1.165, 1.54) is 95.7 Å². The predicted octanol–water partition coefficient (Wildman–Crippen LogP) is 5.76. The standard InChI is InChI=1S/C21H37NO2/c1-2-3-4-5-6-7-8-9-10-11-12-13-14-15-16-19-21(24)20(23)17-18-22-19/h17-18,21,24H,2-16H2,1H3. The number of rotatable bonds is 15. The highest BCUT2D eigenvalue weighted by molar-refractivity contribution is 6.13. The molecule has 0 aromatic carbocycles. The largest absolute Gasteiger partial charge is 0.379 e. The lowest BCUT2D eigenvalue weighted by Crippen LogP contribution is -2.30. The summed E-state index contributed by atoms with van der Waals surface area (Å²) in [6, 6.07) is 0. The molecule has 0 saturated carbocycles. The maximum absolute atomic E-state index is 11.3. The SMILES string of the molecule is CCCCCCCCCCCCCCCCC1=NC=CC(=O)C1O. The van der Waals surface area contributed by atoms with Crippen LogP contribution >= 0.6 is 0 Å². The van der Waals surface area contributed by atoms with Gasteiger partial charge in [-0.15, -0.1) is 0 Å². The van der Waals surface area contributed by atoms with Crippen LogP contribution in [0.5, 0.6) is 0 Å². The van der Waals surface area contributed by atoms with E-state index in [-0.39, 0.29) is 5.78 Å². The highest BCUT2D eigenvalue weighted by Crippen LogP contribution is 2.14. The third-order valence-corrected chi connectivity index (χ3v) is 4.85. The van der Waals surface area contributed by atoms with Crippen molar-refractivity contribution in [1.82, 2.24) is 0 Å². The molecule has 24 heavy (non-hydrogen) atoms. The summed E-state index contributed by atoms with van der Waals surface area (Å²) >= 11 is 0. The zero-order chi connectivity index (χ0) is 17.5. The van der Waals surface area contributed by atoms with Crippen LogP contribution in [0.25, 0.3) is 0 Å². The van der Waals surface area contributed by atoms with Crippen molar-refractivity contribution in [3.63, 3.8) is 0 Å². The predicted molar refractivity (Wildman–Crippen MR) is 103 cm³/mol. The molecule has 0 radical (unpaired) electrons. The molecule has 1 unspecified atom stereocenters. The van der Waals surface area contributed by atoms with Crippen LogP contribution < -0.4 is 0 Å². The van der Waals surface area contributed by atoms with Gasteiger partial charge in [0.2, 0.25) is 0 Å². The van der Waals surface area contributed by atoms with E-state index < -0.39 is 6.10 Å². The quantitative estimate of drug-likeness (QED) is 0.387. The van der Waals surface area contributed by atoms with Crippen molar-refractivity contribution in [3.05, 3.63) is 12.3 Å². The first-order valence-electron chi connectivity index (χ1n) is 10.2. The Morgan fingerprint density at radius 1 is 0.833 bits per heavy atom. The number of hydrogen-bond donors (Lipinski definition) is 1. The van der Waals surface area contributed by atoms with Gasteiger partial charge < -0.3 is 5.11 Å². The number of carbonyl (C=O) groups is 1. The second-order valence-corrected chi connectivity index (χ2v) is 7.09. The lowest BCUT2D eigenvalue weighted by Gasteiger charge is -2.13. The van der Waals surface area contributed by atoms with Gasteiger partial charge in [-0.2, -0.15) is 0 Å². The highest BCUT2D eigenvalue weighted by atomic mass is 16.3. The minimum absolute atomic E-state index is 0.231. The molecule has 0 aromatic rings. The number of aliphatic imine (C=N–C) groups is 1. The first kappa shape index (κ1) is 21.1. The van der Waals surface area contributed by atoms with Crippen LogP contribution in [0.4, 0.5) is 0 Å². The molecule has 0 aromatic heterocycles. The Morgan fingerprint density at radius 3 is 1.79 bits per heavy atom. The summed E-state index contributed by atoms with van der Waals surface area (Å²) in [6.45, 7) is 2.27. The molecule has 1 aliphatic heterocycles. The number of unbranched alkanes of at least 4 members (excludes halogenated alkanes) is 13. The van der Waals surface area contributed by atoms with E-state index in [0.717, 1.165) is 12.8 Å². The van der Waals surface area contributed by atoms with Crippen LogP contribution in [0.15, 0.2) is 17.3 Å². The van der Waals surface area contributed by atoms with E-state index >= 15 is 0 Å². The van der Waals surface area contributed by atoms with Crippen molar-refractivity contribution in [3.8, 4) is 0 Å². The number of aliphatic hydroxyl groups is 1. The molecule has 1 atom stereocenters. The normalized spacial score (nSPS) is 17.3. The second-order valence-electron chi connectivity index (χ2n) is 7.09. The van der Waals surface area contributed by atoms with Crippen molar-refractivity contribution in [2.24, 2.45) is 4.99 Å². The van der Waals surface area contributed by atoms with E-state index in [1.54, 1.807) is 0 Å². The van der Waals surface area contributed by atoms with Crippen LogP contribution in [0.1, 0.15) is 103 Å². The van der Waals surface area contributed by atoms with Gasteiger partial charge in [0.25, 0.3) is 0 Å². The lowest BCUT2D eigenvalue weighted by atomic mass is 10.0. The first-order chi connectivity index (χ1) is 11.8. The van der Waals surface area contributed by atoms with E-state index in [9.17, 15) is 9.90 Å². The zero-order valence-corrected chi connectivity index (χ0v) is 15.6. The molecule has 0 aliphatic carbocycles. The van der Waals surface area contributed by atoms with Gasteiger partial charge in [-0.05, 0) is 12.8 Å². The van der Waals surface area contributed by atoms with Crippen molar-refractivity contribution in [1.29, 1.82) is 0 Å². The Bertz CT molecular complexity index is 387. The molecular formula is C21H37NO2. The number of aliphatic hydroxyl groups excluding tert-OH is 1. The molecule has 1 heterocycles. The summed E-state index contributed by atoms with van der Waals surface area (Å²) in [5, 5.41) is 9.71. The number of nitrogens with zero attached hydrogens (tertiary/aromatic N) is 1. The average Bonchev–Trinajstić information content (AvgIpc) is 2.58. The van der Waals surface area contributed by atoms with Crippen LogP contribution in [-0.4, -0.2) is 22.7 Å². The Labute approximate surface area is 148 Å². The van der Waals surface area contributed by atoms with Gasteiger partial charge >= 0.3 is 0 Å². The molecule has 0 saturated heterocycles. The minimum Gasteiger partial charge on any atom is -0.379 e. The Kier molecular flexibility index (Phi) is 12.6. The molecular weight excluding hydrogens is 298 g/mol. The van der Waals surface area contributed by atoms with Gasteiger partial charge in [0, 0.05) is 12.3 Å². The Morgan fingerprint density at radius 2 is 1.29 bits per heavy atom. The average molecular weight is 336 g/mol. The maximum Gasteiger partial charge on any atom is 0.191 e. The number of carbonyl (C=O) groups excluding carboxylic acids is 1. The highest BCUT2D eigenvalue weighted by Gasteiger charge is 2.20. The van der Waals surface area contributed by atoms with Gasteiger partial charge in [-0.1, -0.05) is 90.4 Å². The maximum atomic E-state index is 11.3. The van der Waals surface area contributed by atoms with Crippen molar-refractivity contribution >= 4 is 11.5 Å². The molecule has 0 fully saturated rings. The van der Waals surface area contributed by atoms with Gasteiger partial charge in [-0.3, -0.25) is 9.79 Å². The molecule has 0 amide bonds. The lowest BCUT2D eigenvalue weighted by molar-refractivity contribution is -0.119. The molecule has 1 rings (SSSR count). The smallest absolute Gasteiger partial charge is 0.191 e. The molecule has 1 N–H and O–H groups in total. The second kappa shape index (κ2) is 14.4. The summed E-state index contributed by atoms with van der Waals surface area (Å²) in [6.07, 6.45) is 21.3. The van der Waals surface area contributed by atoms with Crippen LogP contribution in [0.2, 0.25) is 0 Å². The summed E-state index contributed by atoms with van der Waals surface area (Å²) in [5.74, 6) is -0.231. The molecule has 0 spiro atoms. The van der Waals surface area contributed by atoms with Gasteiger partial charge in [0.1, 0.15) is 0 Å². The number of ketones is 1. The van der Waals surface area contributed by atoms with Crippen molar-refractivity contribution in [2.45, 2.75) is 109 Å². The van der Waals surface area contributed by atoms with Crippen LogP contribution in [0, 0.1) is 0 Å². The van der Waals surface area contributed by atoms with Crippen molar-refractivity contribution in [2.75, 3.05) is 0 Å². The van der Waals surface area contributed by atoms with E-state index in [0.29, 0.717) is 5.71 Å². The summed E-state index contributed by atoms with van der Waals surface area (Å²) in [5.41, 5.74) is 0.640. The monoisotopic (exact) mass is 335 g/mol. The number of hydrogen-bond acceptors (Lipinski definition) is 3. The molecule has 138 valence electrons. The summed E-state index contributed by atoms with van der Waals surface area (Å²) in [4.78, 5) is 15.5. The van der Waals surface area contributed by atoms with Gasteiger partial charge in [0.15, 0.2) is 11.9 Å². The minimum atomic E-state index is -0.989. The fraction of sp³-hybridized carbons (Fsp3) is 0.810. The Hall–Kier alpha value is -0.960. The molecule has 3 nitrogen and oxygen atoms in total.